The van der Waals surface area contributed by atoms with E-state index in [4.69, 9.17) is 5.26 Å². The number of rotatable bonds is 6. The molecule has 0 saturated carbocycles. The molecule has 0 saturated heterocycles. The first-order valence-corrected chi connectivity index (χ1v) is 6.24. The van der Waals surface area contributed by atoms with Gasteiger partial charge in [-0.1, -0.05) is 0 Å². The molecule has 0 atom stereocenters. The molecule has 0 aliphatic carbocycles. The Bertz CT molecular complexity index is 372. The number of halogens is 3. The largest absolute Gasteiger partial charge is 0.402 e. The van der Waals surface area contributed by atoms with Crippen molar-refractivity contribution in [3.05, 3.63) is 0 Å². The molecule has 0 spiro atoms. The van der Waals surface area contributed by atoms with Crippen molar-refractivity contribution in [1.82, 2.24) is 9.03 Å². The number of nitrogens with zero attached hydrogens (tertiary/aromatic N) is 2. The second kappa shape index (κ2) is 6.18. The molecule has 17 heavy (non-hydrogen) atoms. The molecule has 0 amide bonds. The fraction of sp³-hybridized carbons (Fsp3) is 0.875. The molecule has 5 nitrogen and oxygen atoms in total. The maximum atomic E-state index is 11.9. The number of alkyl halides is 3. The van der Waals surface area contributed by atoms with Gasteiger partial charge in [-0.3, -0.25) is 0 Å². The summed E-state index contributed by atoms with van der Waals surface area (Å²) in [7, 11) is -4.21. The van der Waals surface area contributed by atoms with Crippen LogP contribution in [0.5, 0.6) is 0 Å². The fourth-order valence-electron chi connectivity index (χ4n) is 1.07. The van der Waals surface area contributed by atoms with E-state index in [-0.39, 0.29) is 13.0 Å². The molecule has 0 fully saturated rings. The molecule has 1 N–H and O–H groups in total. The number of hydrogen-bond acceptors (Lipinski definition) is 3. The molecule has 0 heterocycles. The summed E-state index contributed by atoms with van der Waals surface area (Å²) in [6, 6.07) is 1.22. The highest BCUT2D eigenvalue weighted by atomic mass is 32.2. The van der Waals surface area contributed by atoms with Crippen LogP contribution in [-0.2, 0) is 10.2 Å². The lowest BCUT2D eigenvalue weighted by molar-refractivity contribution is -0.121. The Morgan fingerprint density at radius 2 is 1.94 bits per heavy atom. The summed E-state index contributed by atoms with van der Waals surface area (Å²) < 4.78 is 61.0. The summed E-state index contributed by atoms with van der Waals surface area (Å²) in [6.45, 7) is 1.28. The minimum Gasteiger partial charge on any atom is -0.198 e. The van der Waals surface area contributed by atoms with Crippen molar-refractivity contribution in [1.29, 1.82) is 5.26 Å². The van der Waals surface area contributed by atoms with E-state index in [0.29, 0.717) is 0 Å². The van der Waals surface area contributed by atoms with Gasteiger partial charge in [-0.25, -0.2) is 0 Å². The van der Waals surface area contributed by atoms with Crippen molar-refractivity contribution < 1.29 is 21.6 Å². The van der Waals surface area contributed by atoms with E-state index >= 15 is 0 Å². The standard InChI is InChI=1S/C8H14F3N3O2S/c1-7(2)14(5-3-4-12)17(15,16)13-6-8(9,10)11/h7,13H,3,5-6H2,1-2H3. The van der Waals surface area contributed by atoms with E-state index in [1.807, 2.05) is 0 Å². The van der Waals surface area contributed by atoms with E-state index in [9.17, 15) is 21.6 Å². The molecule has 0 aliphatic rings. The van der Waals surface area contributed by atoms with Crippen molar-refractivity contribution >= 4 is 10.2 Å². The predicted molar refractivity (Wildman–Crippen MR) is 55.0 cm³/mol. The van der Waals surface area contributed by atoms with Gasteiger partial charge in [0.1, 0.15) is 6.54 Å². The lowest BCUT2D eigenvalue weighted by atomic mass is 10.3. The molecule has 0 unspecified atom stereocenters. The van der Waals surface area contributed by atoms with Crippen molar-refractivity contribution in [2.45, 2.75) is 32.5 Å². The van der Waals surface area contributed by atoms with Crippen LogP contribution in [0.1, 0.15) is 20.3 Å². The van der Waals surface area contributed by atoms with Crippen LogP contribution >= 0.6 is 0 Å². The zero-order valence-electron chi connectivity index (χ0n) is 9.45. The third-order valence-electron chi connectivity index (χ3n) is 1.78. The van der Waals surface area contributed by atoms with Gasteiger partial charge in [0, 0.05) is 19.0 Å². The highest BCUT2D eigenvalue weighted by molar-refractivity contribution is 7.87. The summed E-state index contributed by atoms with van der Waals surface area (Å²) in [6.07, 6.45) is -4.68. The normalized spacial score (nSPS) is 13.1. The van der Waals surface area contributed by atoms with Crippen LogP contribution in [0, 0.1) is 11.3 Å². The molecule has 0 aliphatic heterocycles. The second-order valence-electron chi connectivity index (χ2n) is 3.55. The predicted octanol–water partition coefficient (Wildman–Crippen LogP) is 1.01. The lowest BCUT2D eigenvalue weighted by Crippen LogP contribution is -2.47. The maximum absolute atomic E-state index is 11.9. The Balaban J connectivity index is 4.68. The summed E-state index contributed by atoms with van der Waals surface area (Å²) in [5.41, 5.74) is 0. The summed E-state index contributed by atoms with van der Waals surface area (Å²) in [4.78, 5) is 0. The number of nitriles is 1. The Morgan fingerprint density at radius 3 is 2.29 bits per heavy atom. The fourth-order valence-corrected chi connectivity index (χ4v) is 2.47. The molecular formula is C8H14F3N3O2S. The minimum absolute atomic E-state index is 0.0783. The number of hydrogen-bond donors (Lipinski definition) is 1. The van der Waals surface area contributed by atoms with E-state index in [1.165, 1.54) is 18.6 Å². The van der Waals surface area contributed by atoms with Crippen LogP contribution in [0.2, 0.25) is 0 Å². The van der Waals surface area contributed by atoms with Crippen LogP contribution in [0.3, 0.4) is 0 Å². The maximum Gasteiger partial charge on any atom is 0.402 e. The topological polar surface area (TPSA) is 73.2 Å². The molecule has 0 rings (SSSR count). The monoisotopic (exact) mass is 273 g/mol. The van der Waals surface area contributed by atoms with Crippen molar-refractivity contribution in [3.8, 4) is 6.07 Å². The summed E-state index contributed by atoms with van der Waals surface area (Å²) in [5, 5.41) is 8.35. The molecule has 0 aromatic heterocycles. The van der Waals surface area contributed by atoms with E-state index in [0.717, 1.165) is 4.31 Å². The average Bonchev–Trinajstić information content (AvgIpc) is 2.14. The van der Waals surface area contributed by atoms with Gasteiger partial charge in [-0.05, 0) is 13.8 Å². The van der Waals surface area contributed by atoms with Gasteiger partial charge in [0.05, 0.1) is 6.07 Å². The van der Waals surface area contributed by atoms with E-state index < -0.39 is 29.0 Å². The smallest absolute Gasteiger partial charge is 0.198 e. The molecule has 0 bridgehead atoms. The zero-order valence-corrected chi connectivity index (χ0v) is 10.3. The Kier molecular flexibility index (Phi) is 5.87. The average molecular weight is 273 g/mol. The molecule has 0 radical (unpaired) electrons. The SMILES string of the molecule is CC(C)N(CCC#N)S(=O)(=O)NCC(F)(F)F. The van der Waals surface area contributed by atoms with Gasteiger partial charge >= 0.3 is 6.18 Å². The summed E-state index contributed by atoms with van der Waals surface area (Å²) >= 11 is 0. The van der Waals surface area contributed by atoms with Crippen molar-refractivity contribution in [3.63, 3.8) is 0 Å². The molecule has 100 valence electrons. The van der Waals surface area contributed by atoms with Crippen LogP contribution in [-0.4, -0.2) is 38.0 Å². The van der Waals surface area contributed by atoms with Crippen LogP contribution in [0.25, 0.3) is 0 Å². The van der Waals surface area contributed by atoms with E-state index in [1.54, 1.807) is 6.07 Å². The highest BCUT2D eigenvalue weighted by Crippen LogP contribution is 2.14. The zero-order chi connectivity index (χ0) is 13.7. The Morgan fingerprint density at radius 1 is 1.41 bits per heavy atom. The number of nitrogens with one attached hydrogen (secondary N) is 1. The Labute approximate surface area is 98.4 Å². The second-order valence-corrected chi connectivity index (χ2v) is 5.26. The van der Waals surface area contributed by atoms with Gasteiger partial charge in [-0.2, -0.15) is 35.9 Å². The molecule has 0 aromatic rings. The van der Waals surface area contributed by atoms with Crippen molar-refractivity contribution in [2.75, 3.05) is 13.1 Å². The van der Waals surface area contributed by atoms with Crippen LogP contribution in [0.15, 0.2) is 0 Å². The van der Waals surface area contributed by atoms with Gasteiger partial charge < -0.3 is 0 Å². The first kappa shape index (κ1) is 16.1. The van der Waals surface area contributed by atoms with Gasteiger partial charge in [0.2, 0.25) is 0 Å². The minimum atomic E-state index is -4.61. The van der Waals surface area contributed by atoms with Gasteiger partial charge in [0.15, 0.2) is 0 Å². The van der Waals surface area contributed by atoms with E-state index in [2.05, 4.69) is 0 Å². The molecular weight excluding hydrogens is 259 g/mol. The van der Waals surface area contributed by atoms with Crippen molar-refractivity contribution in [2.24, 2.45) is 0 Å². The lowest BCUT2D eigenvalue weighted by Gasteiger charge is -2.25. The summed E-state index contributed by atoms with van der Waals surface area (Å²) in [5.74, 6) is 0. The third kappa shape index (κ3) is 6.45. The quantitative estimate of drug-likeness (QED) is 0.785. The van der Waals surface area contributed by atoms with Gasteiger partial charge in [0.25, 0.3) is 10.2 Å². The molecule has 0 aromatic carbocycles. The first-order valence-electron chi connectivity index (χ1n) is 4.80. The first-order chi connectivity index (χ1) is 7.60. The van der Waals surface area contributed by atoms with Gasteiger partial charge in [-0.15, -0.1) is 0 Å². The Hall–Kier alpha value is -0.850. The molecule has 9 heteroatoms. The van der Waals surface area contributed by atoms with Crippen LogP contribution < -0.4 is 4.72 Å². The highest BCUT2D eigenvalue weighted by Gasteiger charge is 2.32. The van der Waals surface area contributed by atoms with Crippen LogP contribution in [0.4, 0.5) is 13.2 Å². The third-order valence-corrected chi connectivity index (χ3v) is 3.51.